The lowest BCUT2D eigenvalue weighted by Gasteiger charge is -2.07. The molecule has 0 atom stereocenters. The standard InChI is InChI=1S/C21H19NO5/c1-14-18(22-21(27-14)16-5-3-2-4-6-16)11-12-26-17-9-7-15(19(23)13-17)8-10-20(24)25/h2-10,13,23H,11-12H2,1H3,(H,24,25)/b10-8+. The molecule has 0 aliphatic carbocycles. The maximum absolute atomic E-state index is 10.5. The molecule has 0 saturated heterocycles. The summed E-state index contributed by atoms with van der Waals surface area (Å²) in [5.41, 5.74) is 2.14. The number of carbonyl (C=O) groups is 1. The summed E-state index contributed by atoms with van der Waals surface area (Å²) in [5, 5.41) is 18.6. The number of carboxylic acids is 1. The lowest BCUT2D eigenvalue weighted by Crippen LogP contribution is -2.02. The lowest BCUT2D eigenvalue weighted by atomic mass is 10.2. The summed E-state index contributed by atoms with van der Waals surface area (Å²) < 4.78 is 11.4. The highest BCUT2D eigenvalue weighted by atomic mass is 16.5. The van der Waals surface area contributed by atoms with Gasteiger partial charge in [-0.25, -0.2) is 9.78 Å². The van der Waals surface area contributed by atoms with E-state index in [0.717, 1.165) is 23.1 Å². The van der Waals surface area contributed by atoms with Crippen molar-refractivity contribution in [3.8, 4) is 23.0 Å². The van der Waals surface area contributed by atoms with E-state index in [2.05, 4.69) is 4.98 Å². The highest BCUT2D eigenvalue weighted by molar-refractivity contribution is 5.85. The highest BCUT2D eigenvalue weighted by Crippen LogP contribution is 2.25. The fraction of sp³-hybridized carbons (Fsp3) is 0.143. The highest BCUT2D eigenvalue weighted by Gasteiger charge is 2.11. The van der Waals surface area contributed by atoms with E-state index in [1.165, 1.54) is 12.1 Å². The number of aromatic nitrogens is 1. The first-order valence-corrected chi connectivity index (χ1v) is 8.41. The Labute approximate surface area is 156 Å². The lowest BCUT2D eigenvalue weighted by molar-refractivity contribution is -0.131. The molecule has 6 nitrogen and oxygen atoms in total. The normalized spacial score (nSPS) is 11.0. The second-order valence-corrected chi connectivity index (χ2v) is 5.88. The molecule has 27 heavy (non-hydrogen) atoms. The van der Waals surface area contributed by atoms with Gasteiger partial charge < -0.3 is 19.4 Å². The van der Waals surface area contributed by atoms with Crippen molar-refractivity contribution < 1.29 is 24.2 Å². The second-order valence-electron chi connectivity index (χ2n) is 5.88. The van der Waals surface area contributed by atoms with Crippen LogP contribution in [0.5, 0.6) is 11.5 Å². The molecule has 3 aromatic rings. The van der Waals surface area contributed by atoms with Gasteiger partial charge in [-0.1, -0.05) is 18.2 Å². The molecule has 1 aromatic heterocycles. The van der Waals surface area contributed by atoms with Crippen molar-refractivity contribution in [2.24, 2.45) is 0 Å². The number of hydrogen-bond donors (Lipinski definition) is 2. The third-order valence-electron chi connectivity index (χ3n) is 3.93. The number of benzene rings is 2. The van der Waals surface area contributed by atoms with Crippen molar-refractivity contribution in [3.05, 3.63) is 71.6 Å². The van der Waals surface area contributed by atoms with Crippen molar-refractivity contribution in [2.75, 3.05) is 6.61 Å². The monoisotopic (exact) mass is 365 g/mol. The Kier molecular flexibility index (Phi) is 5.56. The molecule has 2 aromatic carbocycles. The number of nitrogens with zero attached hydrogens (tertiary/aromatic N) is 1. The molecule has 0 saturated carbocycles. The summed E-state index contributed by atoms with van der Waals surface area (Å²) in [4.78, 5) is 15.1. The number of aliphatic carboxylic acids is 1. The van der Waals surface area contributed by atoms with Crippen LogP contribution in [0.4, 0.5) is 0 Å². The van der Waals surface area contributed by atoms with E-state index < -0.39 is 5.97 Å². The third-order valence-corrected chi connectivity index (χ3v) is 3.93. The topological polar surface area (TPSA) is 92.8 Å². The molecular weight excluding hydrogens is 346 g/mol. The Morgan fingerprint density at radius 2 is 2.00 bits per heavy atom. The van der Waals surface area contributed by atoms with Crippen LogP contribution in [0.2, 0.25) is 0 Å². The Hall–Kier alpha value is -3.54. The van der Waals surface area contributed by atoms with Gasteiger partial charge in [-0.15, -0.1) is 0 Å². The number of ether oxygens (including phenoxy) is 1. The van der Waals surface area contributed by atoms with Crippen LogP contribution in [-0.4, -0.2) is 27.8 Å². The number of phenolic OH excluding ortho intramolecular Hbond substituents is 1. The number of aryl methyl sites for hydroxylation is 1. The van der Waals surface area contributed by atoms with Gasteiger partial charge in [0.05, 0.1) is 12.3 Å². The fourth-order valence-corrected chi connectivity index (χ4v) is 2.55. The zero-order chi connectivity index (χ0) is 19.2. The molecule has 0 unspecified atom stereocenters. The predicted molar refractivity (Wildman–Crippen MR) is 101 cm³/mol. The average Bonchev–Trinajstić information content (AvgIpc) is 3.02. The van der Waals surface area contributed by atoms with Gasteiger partial charge in [-0.3, -0.25) is 0 Å². The molecule has 138 valence electrons. The summed E-state index contributed by atoms with van der Waals surface area (Å²) in [6.07, 6.45) is 2.85. The molecule has 0 radical (unpaired) electrons. The van der Waals surface area contributed by atoms with Crippen molar-refractivity contribution in [1.29, 1.82) is 0 Å². The first-order valence-electron chi connectivity index (χ1n) is 8.41. The minimum Gasteiger partial charge on any atom is -0.507 e. The quantitative estimate of drug-likeness (QED) is 0.613. The summed E-state index contributed by atoms with van der Waals surface area (Å²) in [6, 6.07) is 14.4. The van der Waals surface area contributed by atoms with E-state index in [4.69, 9.17) is 14.3 Å². The Morgan fingerprint density at radius 1 is 1.22 bits per heavy atom. The minimum atomic E-state index is -1.08. The first kappa shape index (κ1) is 18.3. The van der Waals surface area contributed by atoms with Gasteiger partial charge in [0.2, 0.25) is 5.89 Å². The van der Waals surface area contributed by atoms with Crippen molar-refractivity contribution in [3.63, 3.8) is 0 Å². The average molecular weight is 365 g/mol. The SMILES string of the molecule is Cc1oc(-c2ccccc2)nc1CCOc1ccc(/C=C/C(=O)O)c(O)c1. The van der Waals surface area contributed by atoms with E-state index in [1.54, 1.807) is 12.1 Å². The Balaban J connectivity index is 1.61. The zero-order valence-corrected chi connectivity index (χ0v) is 14.8. The minimum absolute atomic E-state index is 0.0472. The van der Waals surface area contributed by atoms with Gasteiger partial charge in [-0.05, 0) is 37.3 Å². The molecule has 0 aliphatic rings. The fourth-order valence-electron chi connectivity index (χ4n) is 2.55. The van der Waals surface area contributed by atoms with Gasteiger partial charge in [0.25, 0.3) is 0 Å². The number of oxazole rings is 1. The van der Waals surface area contributed by atoms with Gasteiger partial charge in [-0.2, -0.15) is 0 Å². The Morgan fingerprint density at radius 3 is 2.70 bits per heavy atom. The number of aromatic hydroxyl groups is 1. The molecule has 0 bridgehead atoms. The molecule has 2 N–H and O–H groups in total. The van der Waals surface area contributed by atoms with Crippen LogP contribution in [-0.2, 0) is 11.2 Å². The van der Waals surface area contributed by atoms with E-state index >= 15 is 0 Å². The van der Waals surface area contributed by atoms with Crippen molar-refractivity contribution in [1.82, 2.24) is 4.98 Å². The van der Waals surface area contributed by atoms with Crippen LogP contribution >= 0.6 is 0 Å². The van der Waals surface area contributed by atoms with Crippen molar-refractivity contribution in [2.45, 2.75) is 13.3 Å². The molecule has 6 heteroatoms. The van der Waals surface area contributed by atoms with Crippen LogP contribution in [0.1, 0.15) is 17.0 Å². The molecule has 3 rings (SSSR count). The van der Waals surface area contributed by atoms with Crippen LogP contribution in [0, 0.1) is 6.92 Å². The van der Waals surface area contributed by atoms with E-state index in [-0.39, 0.29) is 5.75 Å². The molecule has 0 spiro atoms. The van der Waals surface area contributed by atoms with Crippen LogP contribution < -0.4 is 4.74 Å². The number of carboxylic acid groups (broad SMARTS) is 1. The molecule has 0 amide bonds. The number of rotatable bonds is 7. The molecular formula is C21H19NO5. The van der Waals surface area contributed by atoms with Gasteiger partial charge in [0.15, 0.2) is 0 Å². The largest absolute Gasteiger partial charge is 0.507 e. The van der Waals surface area contributed by atoms with E-state index in [1.807, 2.05) is 37.3 Å². The van der Waals surface area contributed by atoms with Crippen molar-refractivity contribution >= 4 is 12.0 Å². The van der Waals surface area contributed by atoms with E-state index in [0.29, 0.717) is 30.2 Å². The van der Waals surface area contributed by atoms with Gasteiger partial charge in [0, 0.05) is 29.7 Å². The summed E-state index contributed by atoms with van der Waals surface area (Å²) >= 11 is 0. The third kappa shape index (κ3) is 4.76. The maximum Gasteiger partial charge on any atom is 0.328 e. The van der Waals surface area contributed by atoms with Crippen LogP contribution in [0.15, 0.2) is 59.0 Å². The zero-order valence-electron chi connectivity index (χ0n) is 14.8. The number of hydrogen-bond acceptors (Lipinski definition) is 5. The Bertz CT molecular complexity index is 960. The smallest absolute Gasteiger partial charge is 0.328 e. The molecule has 0 fully saturated rings. The summed E-state index contributed by atoms with van der Waals surface area (Å²) in [5.74, 6) is 0.690. The van der Waals surface area contributed by atoms with Crippen LogP contribution in [0.25, 0.3) is 17.5 Å². The van der Waals surface area contributed by atoms with E-state index in [9.17, 15) is 9.90 Å². The first-order chi connectivity index (χ1) is 13.0. The predicted octanol–water partition coefficient (Wildman–Crippen LogP) is 4.07. The summed E-state index contributed by atoms with van der Waals surface area (Å²) in [7, 11) is 0. The summed E-state index contributed by atoms with van der Waals surface area (Å²) in [6.45, 7) is 2.23. The van der Waals surface area contributed by atoms with Gasteiger partial charge >= 0.3 is 5.97 Å². The van der Waals surface area contributed by atoms with Gasteiger partial charge in [0.1, 0.15) is 17.3 Å². The molecule has 1 heterocycles. The second kappa shape index (κ2) is 8.23. The maximum atomic E-state index is 10.5. The number of phenols is 1. The van der Waals surface area contributed by atoms with Crippen LogP contribution in [0.3, 0.4) is 0 Å². The molecule has 0 aliphatic heterocycles.